The van der Waals surface area contributed by atoms with Crippen LogP contribution in [-0.2, 0) is 14.4 Å². The first kappa shape index (κ1) is 23.2. The molecule has 1 aromatic heterocycles. The van der Waals surface area contributed by atoms with Gasteiger partial charge in [-0.25, -0.2) is 4.39 Å². The Labute approximate surface area is 195 Å². The molecule has 10 heteroatoms. The van der Waals surface area contributed by atoms with Crippen molar-refractivity contribution in [3.8, 4) is 0 Å². The summed E-state index contributed by atoms with van der Waals surface area (Å²) in [6.45, 7) is 0.532. The lowest BCUT2D eigenvalue weighted by molar-refractivity contribution is -0.129. The minimum atomic E-state index is -0.912. The predicted octanol–water partition coefficient (Wildman–Crippen LogP) is 2.02. The average Bonchev–Trinajstić information content (AvgIpc) is 3.35. The molecule has 1 saturated carbocycles. The molecule has 33 heavy (non-hydrogen) atoms. The monoisotopic (exact) mass is 476 g/mol. The van der Waals surface area contributed by atoms with Gasteiger partial charge in [0.25, 0.3) is 5.91 Å². The Morgan fingerprint density at radius 2 is 1.91 bits per heavy atom. The maximum atomic E-state index is 14.0. The van der Waals surface area contributed by atoms with Gasteiger partial charge < -0.3 is 20.9 Å². The lowest BCUT2D eigenvalue weighted by atomic mass is 9.95. The van der Waals surface area contributed by atoms with Gasteiger partial charge in [0.2, 0.25) is 11.8 Å². The van der Waals surface area contributed by atoms with E-state index in [2.05, 4.69) is 20.9 Å². The van der Waals surface area contributed by atoms with Crippen molar-refractivity contribution in [2.75, 3.05) is 12.4 Å². The number of amides is 3. The highest BCUT2D eigenvalue weighted by Crippen LogP contribution is 2.33. The summed E-state index contributed by atoms with van der Waals surface area (Å²) in [6.07, 6.45) is 3.10. The molecule has 0 radical (unpaired) electrons. The Morgan fingerprint density at radius 1 is 1.12 bits per heavy atom. The fourth-order valence-corrected chi connectivity index (χ4v) is 4.37. The van der Waals surface area contributed by atoms with Gasteiger partial charge in [0.1, 0.15) is 17.6 Å². The number of carbonyl (C=O) groups excluding carboxylic acids is 4. The van der Waals surface area contributed by atoms with Crippen molar-refractivity contribution in [3.63, 3.8) is 0 Å². The van der Waals surface area contributed by atoms with Gasteiger partial charge in [0.05, 0.1) is 17.4 Å². The number of hydrogen-bond acceptors (Lipinski definition) is 4. The van der Waals surface area contributed by atoms with E-state index in [4.69, 9.17) is 11.6 Å². The molecule has 1 aromatic carbocycles. The van der Waals surface area contributed by atoms with Crippen molar-refractivity contribution in [2.24, 2.45) is 11.8 Å². The highest BCUT2D eigenvalue weighted by Gasteiger charge is 2.35. The van der Waals surface area contributed by atoms with Gasteiger partial charge in [-0.2, -0.15) is 0 Å². The second-order valence-electron chi connectivity index (χ2n) is 8.77. The molecule has 2 fully saturated rings. The zero-order chi connectivity index (χ0) is 23.5. The van der Waals surface area contributed by atoms with E-state index in [1.807, 2.05) is 0 Å². The van der Waals surface area contributed by atoms with Gasteiger partial charge in [0, 0.05) is 17.8 Å². The Morgan fingerprint density at radius 3 is 2.55 bits per heavy atom. The molecule has 4 N–H and O–H groups in total. The van der Waals surface area contributed by atoms with Crippen LogP contribution in [0.4, 0.5) is 4.39 Å². The molecular weight excluding hydrogens is 451 g/mol. The highest BCUT2D eigenvalue weighted by molar-refractivity contribution is 6.28. The third-order valence-corrected chi connectivity index (χ3v) is 6.52. The number of fused-ring (bicyclic) bond motifs is 1. The standard InChI is InChI=1S/C23H26ClFN4O4/c24-11-19(30)16(10-14-6-7-26-21(14)31)28-22(32)17(8-12-4-5-12)29-23(33)18-9-13-2-1-3-15(25)20(13)27-18/h1-3,9,12,14,16-17,27H,4-8,10-11H2,(H,26,31)(H,28,32)(H,29,33)/t14-,16-,17-/m0/s1. The molecule has 0 unspecified atom stereocenters. The van der Waals surface area contributed by atoms with Crippen LogP contribution in [0.15, 0.2) is 24.3 Å². The van der Waals surface area contributed by atoms with Crippen LogP contribution in [0.1, 0.15) is 42.6 Å². The van der Waals surface area contributed by atoms with Crippen LogP contribution >= 0.6 is 11.6 Å². The SMILES string of the molecule is O=C(N[C@@H](CC1CC1)C(=O)N[C@@H](C[C@@H]1CCNC1=O)C(=O)CCl)c1cc2cccc(F)c2[nH]1. The van der Waals surface area contributed by atoms with E-state index in [-0.39, 0.29) is 41.1 Å². The zero-order valence-corrected chi connectivity index (χ0v) is 18.7. The van der Waals surface area contributed by atoms with Gasteiger partial charge in [-0.05, 0) is 37.3 Å². The lowest BCUT2D eigenvalue weighted by Crippen LogP contribution is -2.52. The van der Waals surface area contributed by atoms with Crippen molar-refractivity contribution < 1.29 is 23.6 Å². The summed E-state index contributed by atoms with van der Waals surface area (Å²) in [5.74, 6) is -2.40. The lowest BCUT2D eigenvalue weighted by Gasteiger charge is -2.23. The largest absolute Gasteiger partial charge is 0.356 e. The number of ketones is 1. The molecule has 0 bridgehead atoms. The summed E-state index contributed by atoms with van der Waals surface area (Å²) in [5, 5.41) is 8.69. The number of halogens is 2. The molecule has 3 amide bonds. The van der Waals surface area contributed by atoms with Crippen LogP contribution in [-0.4, -0.2) is 53.0 Å². The topological polar surface area (TPSA) is 120 Å². The number of hydrogen-bond donors (Lipinski definition) is 4. The molecule has 2 aliphatic rings. The van der Waals surface area contributed by atoms with E-state index < -0.39 is 29.7 Å². The van der Waals surface area contributed by atoms with Crippen molar-refractivity contribution in [1.29, 1.82) is 0 Å². The molecule has 1 aliphatic carbocycles. The van der Waals surface area contributed by atoms with Crippen LogP contribution in [0.3, 0.4) is 0 Å². The van der Waals surface area contributed by atoms with E-state index in [1.165, 1.54) is 12.1 Å². The Kier molecular flexibility index (Phi) is 6.97. The minimum absolute atomic E-state index is 0.139. The number of aromatic amines is 1. The van der Waals surface area contributed by atoms with E-state index in [0.29, 0.717) is 30.7 Å². The Hall–Kier alpha value is -2.94. The zero-order valence-electron chi connectivity index (χ0n) is 18.0. The second-order valence-corrected chi connectivity index (χ2v) is 9.03. The summed E-state index contributed by atoms with van der Waals surface area (Å²) in [6, 6.07) is 4.27. The number of nitrogens with one attached hydrogen (secondary N) is 4. The summed E-state index contributed by atoms with van der Waals surface area (Å²) < 4.78 is 14.0. The molecule has 176 valence electrons. The number of H-pyrrole nitrogens is 1. The molecule has 1 aliphatic heterocycles. The second kappa shape index (κ2) is 9.91. The summed E-state index contributed by atoms with van der Waals surface area (Å²) in [5.41, 5.74) is 0.355. The van der Waals surface area contributed by atoms with Gasteiger partial charge in [0.15, 0.2) is 5.78 Å². The van der Waals surface area contributed by atoms with E-state index in [9.17, 15) is 23.6 Å². The van der Waals surface area contributed by atoms with E-state index in [0.717, 1.165) is 12.8 Å². The third kappa shape index (κ3) is 5.52. The van der Waals surface area contributed by atoms with Crippen molar-refractivity contribution in [2.45, 2.75) is 44.2 Å². The first-order valence-electron chi connectivity index (χ1n) is 11.1. The number of carbonyl (C=O) groups is 4. The smallest absolute Gasteiger partial charge is 0.268 e. The maximum absolute atomic E-state index is 14.0. The van der Waals surface area contributed by atoms with Crippen LogP contribution in [0.2, 0.25) is 0 Å². The number of rotatable bonds is 10. The van der Waals surface area contributed by atoms with E-state index in [1.54, 1.807) is 12.1 Å². The summed E-state index contributed by atoms with van der Waals surface area (Å²) in [4.78, 5) is 53.0. The molecule has 2 heterocycles. The highest BCUT2D eigenvalue weighted by atomic mass is 35.5. The fourth-order valence-electron chi connectivity index (χ4n) is 4.19. The molecule has 8 nitrogen and oxygen atoms in total. The van der Waals surface area contributed by atoms with Gasteiger partial charge >= 0.3 is 0 Å². The predicted molar refractivity (Wildman–Crippen MR) is 120 cm³/mol. The summed E-state index contributed by atoms with van der Waals surface area (Å²) in [7, 11) is 0. The number of benzene rings is 1. The Bertz CT molecular complexity index is 1080. The molecule has 1 saturated heterocycles. The van der Waals surface area contributed by atoms with Gasteiger partial charge in [-0.15, -0.1) is 11.6 Å². The van der Waals surface area contributed by atoms with Crippen LogP contribution in [0.5, 0.6) is 0 Å². The summed E-state index contributed by atoms with van der Waals surface area (Å²) >= 11 is 5.74. The minimum Gasteiger partial charge on any atom is -0.356 e. The first-order valence-corrected chi connectivity index (χ1v) is 11.6. The van der Waals surface area contributed by atoms with Crippen LogP contribution in [0, 0.1) is 17.7 Å². The van der Waals surface area contributed by atoms with Gasteiger partial charge in [-0.3, -0.25) is 19.2 Å². The molecule has 0 spiro atoms. The number of aromatic nitrogens is 1. The molecule has 2 aromatic rings. The Balaban J connectivity index is 1.47. The van der Waals surface area contributed by atoms with Crippen LogP contribution < -0.4 is 16.0 Å². The number of para-hydroxylation sites is 1. The molecule has 4 rings (SSSR count). The number of alkyl halides is 1. The van der Waals surface area contributed by atoms with Gasteiger partial charge in [-0.1, -0.05) is 25.0 Å². The van der Waals surface area contributed by atoms with Crippen LogP contribution in [0.25, 0.3) is 10.9 Å². The fraction of sp³-hybridized carbons (Fsp3) is 0.478. The first-order chi connectivity index (χ1) is 15.9. The maximum Gasteiger partial charge on any atom is 0.268 e. The van der Waals surface area contributed by atoms with Crippen molar-refractivity contribution >= 4 is 46.0 Å². The average molecular weight is 477 g/mol. The van der Waals surface area contributed by atoms with Crippen molar-refractivity contribution in [1.82, 2.24) is 20.9 Å². The molecular formula is C23H26ClFN4O4. The number of Topliss-reactive ketones (excluding diaryl/α,β-unsaturated/α-hetero) is 1. The van der Waals surface area contributed by atoms with E-state index >= 15 is 0 Å². The molecule has 3 atom stereocenters. The van der Waals surface area contributed by atoms with Crippen molar-refractivity contribution in [3.05, 3.63) is 35.8 Å². The normalized spacial score (nSPS) is 19.7. The third-order valence-electron chi connectivity index (χ3n) is 6.26. The quantitative estimate of drug-likeness (QED) is 0.392.